The highest BCUT2D eigenvalue weighted by Gasteiger charge is 2.14. The van der Waals surface area contributed by atoms with E-state index in [-0.39, 0.29) is 18.0 Å². The second kappa shape index (κ2) is 8.44. The monoisotopic (exact) mass is 324 g/mol. The number of benzene rings is 1. The lowest BCUT2D eigenvalue weighted by Gasteiger charge is -2.07. The predicted octanol–water partition coefficient (Wildman–Crippen LogP) is 2.35. The zero-order chi connectivity index (χ0) is 12.0. The van der Waals surface area contributed by atoms with Crippen LogP contribution in [0.3, 0.4) is 0 Å². The molecular weight excluding hydrogens is 310 g/mol. The molecule has 0 unspecified atom stereocenters. The molecule has 0 saturated carbocycles. The molecule has 0 radical (unpaired) electrons. The number of rotatable bonds is 5. The van der Waals surface area contributed by atoms with Gasteiger partial charge in [0.05, 0.1) is 5.56 Å². The lowest BCUT2D eigenvalue weighted by molar-refractivity contribution is 0.0949. The van der Waals surface area contributed by atoms with Crippen LogP contribution in [-0.4, -0.2) is 25.5 Å². The van der Waals surface area contributed by atoms with Gasteiger partial charge in [-0.25, -0.2) is 4.39 Å². The second-order valence-electron chi connectivity index (χ2n) is 3.21. The largest absolute Gasteiger partial charge is 0.351 e. The van der Waals surface area contributed by atoms with E-state index in [0.717, 1.165) is 6.54 Å². The number of amides is 1. The molecule has 0 bridgehead atoms. The lowest BCUT2D eigenvalue weighted by atomic mass is 10.2. The molecule has 96 valence electrons. The Hall–Kier alpha value is -0.650. The summed E-state index contributed by atoms with van der Waals surface area (Å²) < 4.78 is 13.8. The summed E-state index contributed by atoms with van der Waals surface area (Å²) in [7, 11) is 0. The van der Waals surface area contributed by atoms with Gasteiger partial charge in [0.1, 0.15) is 5.82 Å². The Balaban J connectivity index is 0.00000256. The average Bonchev–Trinajstić information content (AvgIpc) is 2.24. The first-order valence-corrected chi connectivity index (χ1v) is 5.89. The van der Waals surface area contributed by atoms with Crippen LogP contribution in [0, 0.1) is 5.82 Å². The van der Waals surface area contributed by atoms with Gasteiger partial charge in [-0.1, -0.05) is 13.0 Å². The number of nitrogens with one attached hydrogen (secondary N) is 2. The van der Waals surface area contributed by atoms with Crippen LogP contribution in [-0.2, 0) is 0 Å². The van der Waals surface area contributed by atoms with E-state index in [9.17, 15) is 9.18 Å². The molecular formula is C11H15BrClFN2O. The van der Waals surface area contributed by atoms with Crippen LogP contribution in [0.5, 0.6) is 0 Å². The SMILES string of the molecule is CCNCCNC(=O)c1c(F)cccc1Br.Cl. The Morgan fingerprint density at radius 2 is 2.12 bits per heavy atom. The molecule has 0 aromatic heterocycles. The smallest absolute Gasteiger partial charge is 0.255 e. The van der Waals surface area contributed by atoms with Gasteiger partial charge in [-0.2, -0.15) is 0 Å². The predicted molar refractivity (Wildman–Crippen MR) is 72.2 cm³/mol. The first kappa shape index (κ1) is 16.4. The number of carbonyl (C=O) groups is 1. The van der Waals surface area contributed by atoms with Gasteiger partial charge in [-0.05, 0) is 34.6 Å². The van der Waals surface area contributed by atoms with Crippen molar-refractivity contribution in [3.8, 4) is 0 Å². The summed E-state index contributed by atoms with van der Waals surface area (Å²) in [6, 6.07) is 4.46. The van der Waals surface area contributed by atoms with E-state index < -0.39 is 11.7 Å². The van der Waals surface area contributed by atoms with Crippen molar-refractivity contribution in [1.29, 1.82) is 0 Å². The molecule has 0 spiro atoms. The minimum Gasteiger partial charge on any atom is -0.351 e. The van der Waals surface area contributed by atoms with Gasteiger partial charge in [-0.15, -0.1) is 12.4 Å². The fourth-order valence-electron chi connectivity index (χ4n) is 1.24. The van der Waals surface area contributed by atoms with Crippen LogP contribution in [0.4, 0.5) is 4.39 Å². The van der Waals surface area contributed by atoms with Crippen molar-refractivity contribution in [1.82, 2.24) is 10.6 Å². The topological polar surface area (TPSA) is 41.1 Å². The minimum absolute atomic E-state index is 0. The van der Waals surface area contributed by atoms with E-state index in [2.05, 4.69) is 26.6 Å². The summed E-state index contributed by atoms with van der Waals surface area (Å²) in [4.78, 5) is 11.6. The number of halogens is 3. The normalized spacial score (nSPS) is 9.59. The zero-order valence-electron chi connectivity index (χ0n) is 9.43. The molecule has 0 aliphatic rings. The number of carbonyl (C=O) groups excluding carboxylic acids is 1. The van der Waals surface area contributed by atoms with Gasteiger partial charge in [-0.3, -0.25) is 4.79 Å². The van der Waals surface area contributed by atoms with Gasteiger partial charge < -0.3 is 10.6 Å². The van der Waals surface area contributed by atoms with E-state index >= 15 is 0 Å². The van der Waals surface area contributed by atoms with Crippen molar-refractivity contribution < 1.29 is 9.18 Å². The maximum atomic E-state index is 13.4. The standard InChI is InChI=1S/C11H14BrFN2O.ClH/c1-2-14-6-7-15-11(16)10-8(12)4-3-5-9(10)13;/h3-5,14H,2,6-7H2,1H3,(H,15,16);1H. The molecule has 2 N–H and O–H groups in total. The first-order chi connectivity index (χ1) is 7.66. The van der Waals surface area contributed by atoms with Crippen LogP contribution in [0.1, 0.15) is 17.3 Å². The van der Waals surface area contributed by atoms with Crippen LogP contribution in [0.15, 0.2) is 22.7 Å². The summed E-state index contributed by atoms with van der Waals surface area (Å²) >= 11 is 3.15. The number of hydrogen-bond donors (Lipinski definition) is 2. The van der Waals surface area contributed by atoms with E-state index in [4.69, 9.17) is 0 Å². The molecule has 17 heavy (non-hydrogen) atoms. The Bertz CT molecular complexity index is 356. The second-order valence-corrected chi connectivity index (χ2v) is 4.06. The third-order valence-electron chi connectivity index (χ3n) is 2.03. The highest BCUT2D eigenvalue weighted by molar-refractivity contribution is 9.10. The highest BCUT2D eigenvalue weighted by Crippen LogP contribution is 2.19. The molecule has 1 rings (SSSR count). The van der Waals surface area contributed by atoms with Crippen molar-refractivity contribution in [2.45, 2.75) is 6.92 Å². The molecule has 0 fully saturated rings. The van der Waals surface area contributed by atoms with E-state index in [1.165, 1.54) is 6.07 Å². The van der Waals surface area contributed by atoms with Crippen molar-refractivity contribution in [3.05, 3.63) is 34.1 Å². The van der Waals surface area contributed by atoms with Crippen LogP contribution < -0.4 is 10.6 Å². The molecule has 0 atom stereocenters. The fourth-order valence-corrected chi connectivity index (χ4v) is 1.77. The highest BCUT2D eigenvalue weighted by atomic mass is 79.9. The molecule has 1 aromatic carbocycles. The molecule has 0 aliphatic carbocycles. The zero-order valence-corrected chi connectivity index (χ0v) is 11.8. The summed E-state index contributed by atoms with van der Waals surface area (Å²) in [5.74, 6) is -0.918. The van der Waals surface area contributed by atoms with E-state index in [1.54, 1.807) is 12.1 Å². The molecule has 0 heterocycles. The Kier molecular flexibility index (Phi) is 8.12. The van der Waals surface area contributed by atoms with Gasteiger partial charge in [0.15, 0.2) is 0 Å². The number of hydrogen-bond acceptors (Lipinski definition) is 2. The molecule has 6 heteroatoms. The summed E-state index contributed by atoms with van der Waals surface area (Å²) in [5, 5.41) is 5.71. The van der Waals surface area contributed by atoms with E-state index in [0.29, 0.717) is 17.6 Å². The van der Waals surface area contributed by atoms with Crippen molar-refractivity contribution in [2.75, 3.05) is 19.6 Å². The molecule has 0 saturated heterocycles. The van der Waals surface area contributed by atoms with Crippen molar-refractivity contribution in [2.24, 2.45) is 0 Å². The Morgan fingerprint density at radius 1 is 1.41 bits per heavy atom. The lowest BCUT2D eigenvalue weighted by Crippen LogP contribution is -2.32. The number of likely N-dealkylation sites (N-methyl/N-ethyl adjacent to an activating group) is 1. The maximum Gasteiger partial charge on any atom is 0.255 e. The first-order valence-electron chi connectivity index (χ1n) is 5.09. The summed E-state index contributed by atoms with van der Waals surface area (Å²) in [6.45, 7) is 3.98. The molecule has 3 nitrogen and oxygen atoms in total. The fraction of sp³-hybridized carbons (Fsp3) is 0.364. The third kappa shape index (κ3) is 5.02. The van der Waals surface area contributed by atoms with Gasteiger partial charge in [0.25, 0.3) is 5.91 Å². The quantitative estimate of drug-likeness (QED) is 0.816. The summed E-state index contributed by atoms with van der Waals surface area (Å²) in [6.07, 6.45) is 0. The molecule has 1 amide bonds. The van der Waals surface area contributed by atoms with Crippen molar-refractivity contribution in [3.63, 3.8) is 0 Å². The van der Waals surface area contributed by atoms with E-state index in [1.807, 2.05) is 6.92 Å². The van der Waals surface area contributed by atoms with Crippen LogP contribution >= 0.6 is 28.3 Å². The van der Waals surface area contributed by atoms with Gasteiger partial charge in [0, 0.05) is 17.6 Å². The van der Waals surface area contributed by atoms with Crippen LogP contribution in [0.2, 0.25) is 0 Å². The van der Waals surface area contributed by atoms with Crippen molar-refractivity contribution >= 4 is 34.2 Å². The third-order valence-corrected chi connectivity index (χ3v) is 2.69. The Morgan fingerprint density at radius 3 is 2.71 bits per heavy atom. The molecule has 0 aliphatic heterocycles. The van der Waals surface area contributed by atoms with Gasteiger partial charge in [0.2, 0.25) is 0 Å². The van der Waals surface area contributed by atoms with Crippen LogP contribution in [0.25, 0.3) is 0 Å². The van der Waals surface area contributed by atoms with Gasteiger partial charge >= 0.3 is 0 Å². The maximum absolute atomic E-state index is 13.4. The minimum atomic E-state index is -0.518. The Labute approximate surface area is 115 Å². The molecule has 1 aromatic rings. The average molecular weight is 326 g/mol. The summed E-state index contributed by atoms with van der Waals surface area (Å²) in [5.41, 5.74) is 0.0546.